The maximum absolute atomic E-state index is 6.05. The summed E-state index contributed by atoms with van der Waals surface area (Å²) in [6.45, 7) is 0. The molecule has 0 spiro atoms. The smallest absolute Gasteiger partial charge is 0.146 e. The zero-order valence-electron chi connectivity index (χ0n) is 9.35. The number of furan rings is 1. The van der Waals surface area contributed by atoms with E-state index in [-0.39, 0.29) is 0 Å². The van der Waals surface area contributed by atoms with Crippen LogP contribution in [0.1, 0.15) is 0 Å². The van der Waals surface area contributed by atoms with Crippen molar-refractivity contribution in [2.24, 2.45) is 0 Å². The number of hydrogen-bond acceptors (Lipinski definition) is 2. The fourth-order valence-electron chi connectivity index (χ4n) is 2.33. The van der Waals surface area contributed by atoms with Gasteiger partial charge in [-0.05, 0) is 24.3 Å². The van der Waals surface area contributed by atoms with Crippen LogP contribution in [0.4, 0.5) is 0 Å². The van der Waals surface area contributed by atoms with Crippen molar-refractivity contribution in [1.29, 1.82) is 0 Å². The van der Waals surface area contributed by atoms with Gasteiger partial charge in [-0.25, -0.2) is 0 Å². The number of rotatable bonds is 0. The van der Waals surface area contributed by atoms with Gasteiger partial charge < -0.3 is 4.42 Å². The van der Waals surface area contributed by atoms with E-state index in [1.807, 2.05) is 48.7 Å². The van der Waals surface area contributed by atoms with Crippen molar-refractivity contribution in [3.8, 4) is 0 Å². The van der Waals surface area contributed by atoms with Gasteiger partial charge in [-0.15, -0.1) is 0 Å². The number of aromatic nitrogens is 1. The maximum Gasteiger partial charge on any atom is 0.146 e. The molecule has 0 fully saturated rings. The summed E-state index contributed by atoms with van der Waals surface area (Å²) in [5.74, 6) is 0. The maximum atomic E-state index is 6.05. The first-order valence-electron chi connectivity index (χ1n) is 5.68. The fourth-order valence-corrected chi connectivity index (χ4v) is 2.50. The zero-order chi connectivity index (χ0) is 12.1. The number of pyridine rings is 1. The molecule has 18 heavy (non-hydrogen) atoms. The summed E-state index contributed by atoms with van der Waals surface area (Å²) >= 11 is 6.05. The van der Waals surface area contributed by atoms with Gasteiger partial charge in [-0.3, -0.25) is 4.98 Å². The standard InChI is InChI=1S/C15H8ClNO/c16-9-5-6-13-11(7-9)15-12(8-17-13)10-3-1-2-4-14(10)18-15/h1-8H. The minimum atomic E-state index is 0.692. The molecular weight excluding hydrogens is 246 g/mol. The lowest BCUT2D eigenvalue weighted by atomic mass is 10.1. The van der Waals surface area contributed by atoms with Crippen LogP contribution in [0.2, 0.25) is 5.02 Å². The molecule has 0 unspecified atom stereocenters. The highest BCUT2D eigenvalue weighted by Gasteiger charge is 2.10. The molecule has 0 N–H and O–H groups in total. The van der Waals surface area contributed by atoms with E-state index in [1.54, 1.807) is 0 Å². The number of hydrogen-bond donors (Lipinski definition) is 0. The highest BCUT2D eigenvalue weighted by atomic mass is 35.5. The van der Waals surface area contributed by atoms with Crippen LogP contribution in [0.15, 0.2) is 53.1 Å². The number of fused-ring (bicyclic) bond motifs is 5. The van der Waals surface area contributed by atoms with E-state index in [9.17, 15) is 0 Å². The van der Waals surface area contributed by atoms with E-state index >= 15 is 0 Å². The molecule has 0 aliphatic heterocycles. The van der Waals surface area contributed by atoms with Crippen molar-refractivity contribution >= 4 is 44.4 Å². The van der Waals surface area contributed by atoms with Crippen molar-refractivity contribution < 1.29 is 4.42 Å². The lowest BCUT2D eigenvalue weighted by molar-refractivity contribution is 0.672. The Morgan fingerprint density at radius 2 is 1.83 bits per heavy atom. The largest absolute Gasteiger partial charge is 0.455 e. The molecular formula is C15H8ClNO. The van der Waals surface area contributed by atoms with Gasteiger partial charge >= 0.3 is 0 Å². The van der Waals surface area contributed by atoms with Crippen molar-refractivity contribution in [3.63, 3.8) is 0 Å². The Labute approximate surface area is 108 Å². The minimum absolute atomic E-state index is 0.692. The Balaban J connectivity index is 2.31. The average molecular weight is 254 g/mol. The Morgan fingerprint density at radius 3 is 2.78 bits per heavy atom. The summed E-state index contributed by atoms with van der Waals surface area (Å²) < 4.78 is 5.92. The third kappa shape index (κ3) is 1.27. The van der Waals surface area contributed by atoms with Gasteiger partial charge in [0.2, 0.25) is 0 Å². The van der Waals surface area contributed by atoms with Crippen molar-refractivity contribution in [1.82, 2.24) is 4.98 Å². The molecule has 2 nitrogen and oxygen atoms in total. The molecule has 0 radical (unpaired) electrons. The lowest BCUT2D eigenvalue weighted by Gasteiger charge is -1.98. The third-order valence-electron chi connectivity index (χ3n) is 3.17. The second-order valence-electron chi connectivity index (χ2n) is 4.26. The zero-order valence-corrected chi connectivity index (χ0v) is 10.1. The SMILES string of the molecule is Clc1ccc2ncc3c4ccccc4oc3c2c1. The predicted molar refractivity (Wildman–Crippen MR) is 74.0 cm³/mol. The Bertz CT molecular complexity index is 895. The van der Waals surface area contributed by atoms with Crippen LogP contribution in [-0.2, 0) is 0 Å². The van der Waals surface area contributed by atoms with Crippen LogP contribution in [-0.4, -0.2) is 4.98 Å². The topological polar surface area (TPSA) is 26.0 Å². The number of halogens is 1. The molecule has 2 aromatic carbocycles. The molecule has 2 heterocycles. The molecule has 2 aromatic heterocycles. The molecule has 4 aromatic rings. The molecule has 3 heteroatoms. The molecule has 0 aliphatic carbocycles. The number of benzene rings is 2. The van der Waals surface area contributed by atoms with E-state index in [2.05, 4.69) is 4.98 Å². The van der Waals surface area contributed by atoms with Crippen LogP contribution < -0.4 is 0 Å². The molecule has 0 bridgehead atoms. The molecule has 4 rings (SSSR count). The summed E-state index contributed by atoms with van der Waals surface area (Å²) in [5, 5.41) is 3.76. The molecule has 0 atom stereocenters. The first kappa shape index (κ1) is 9.92. The summed E-state index contributed by atoms with van der Waals surface area (Å²) in [7, 11) is 0. The summed E-state index contributed by atoms with van der Waals surface area (Å²) in [5.41, 5.74) is 2.62. The molecule has 0 saturated carbocycles. The third-order valence-corrected chi connectivity index (χ3v) is 3.40. The molecule has 0 aliphatic rings. The highest BCUT2D eigenvalue weighted by molar-refractivity contribution is 6.31. The monoisotopic (exact) mass is 253 g/mol. The van der Waals surface area contributed by atoms with Gasteiger partial charge in [0.05, 0.1) is 5.52 Å². The Hall–Kier alpha value is -2.06. The summed E-state index contributed by atoms with van der Waals surface area (Å²) in [6.07, 6.45) is 1.86. The van der Waals surface area contributed by atoms with Crippen molar-refractivity contribution in [2.45, 2.75) is 0 Å². The second-order valence-corrected chi connectivity index (χ2v) is 4.70. The lowest BCUT2D eigenvalue weighted by Crippen LogP contribution is -1.78. The first-order chi connectivity index (χ1) is 8.83. The van der Waals surface area contributed by atoms with Gasteiger partial charge in [0.1, 0.15) is 11.2 Å². The van der Waals surface area contributed by atoms with E-state index in [4.69, 9.17) is 16.0 Å². The van der Waals surface area contributed by atoms with Gasteiger partial charge in [0, 0.05) is 27.4 Å². The van der Waals surface area contributed by atoms with Gasteiger partial charge in [-0.1, -0.05) is 29.8 Å². The van der Waals surface area contributed by atoms with E-state index in [1.165, 1.54) is 0 Å². The summed E-state index contributed by atoms with van der Waals surface area (Å²) in [4.78, 5) is 4.45. The van der Waals surface area contributed by atoms with Crippen LogP contribution in [0.3, 0.4) is 0 Å². The molecule has 86 valence electrons. The predicted octanol–water partition coefficient (Wildman–Crippen LogP) is 4.79. The average Bonchev–Trinajstić information content (AvgIpc) is 2.78. The van der Waals surface area contributed by atoms with Crippen LogP contribution in [0.25, 0.3) is 32.8 Å². The van der Waals surface area contributed by atoms with Crippen molar-refractivity contribution in [3.05, 3.63) is 53.7 Å². The van der Waals surface area contributed by atoms with Crippen LogP contribution in [0, 0.1) is 0 Å². The van der Waals surface area contributed by atoms with Crippen molar-refractivity contribution in [2.75, 3.05) is 0 Å². The molecule has 0 amide bonds. The normalized spacial score (nSPS) is 11.6. The van der Waals surface area contributed by atoms with Gasteiger partial charge in [0.15, 0.2) is 0 Å². The van der Waals surface area contributed by atoms with Gasteiger partial charge in [0.25, 0.3) is 0 Å². The van der Waals surface area contributed by atoms with Crippen LogP contribution >= 0.6 is 11.6 Å². The highest BCUT2D eigenvalue weighted by Crippen LogP contribution is 2.33. The Morgan fingerprint density at radius 1 is 0.944 bits per heavy atom. The van der Waals surface area contributed by atoms with E-state index in [0.29, 0.717) is 5.02 Å². The van der Waals surface area contributed by atoms with E-state index < -0.39 is 0 Å². The first-order valence-corrected chi connectivity index (χ1v) is 6.06. The minimum Gasteiger partial charge on any atom is -0.455 e. The van der Waals surface area contributed by atoms with Gasteiger partial charge in [-0.2, -0.15) is 0 Å². The fraction of sp³-hybridized carbons (Fsp3) is 0. The number of nitrogens with zero attached hydrogens (tertiary/aromatic N) is 1. The van der Waals surface area contributed by atoms with Crippen LogP contribution in [0.5, 0.6) is 0 Å². The second kappa shape index (κ2) is 3.47. The summed E-state index contributed by atoms with van der Waals surface area (Å²) in [6, 6.07) is 13.6. The van der Waals surface area contributed by atoms with E-state index in [0.717, 1.165) is 32.8 Å². The Kier molecular flexibility index (Phi) is 1.91. The molecule has 0 saturated heterocycles. The number of para-hydroxylation sites is 1. The quantitative estimate of drug-likeness (QED) is 0.450.